The van der Waals surface area contributed by atoms with E-state index in [1.807, 2.05) is 6.92 Å². The van der Waals surface area contributed by atoms with Gasteiger partial charge in [-0.3, -0.25) is 19.7 Å². The Morgan fingerprint density at radius 3 is 2.35 bits per heavy atom. The molecular formula is C23H18N2O6. The van der Waals surface area contributed by atoms with E-state index >= 15 is 0 Å². The van der Waals surface area contributed by atoms with E-state index in [-0.39, 0.29) is 23.6 Å². The molecule has 2 heterocycles. The first-order chi connectivity index (χ1) is 14.9. The number of carbonyl (C=O) groups is 2. The standard InChI is InChI=1S/C23H18N2O6/c1-14-4-6-16(7-5-14)21(26)19-20(15-8-10-17(11-9-15)25(29)30)24(23(28)22(19)27)13-18-3-2-12-31-18/h2-12,20,26H,13H2,1H3/t20-/m1/s1. The molecule has 0 radical (unpaired) electrons. The molecule has 1 aliphatic heterocycles. The minimum Gasteiger partial charge on any atom is -0.507 e. The third-order valence-corrected chi connectivity index (χ3v) is 5.19. The molecule has 3 aromatic rings. The van der Waals surface area contributed by atoms with Gasteiger partial charge in [-0.15, -0.1) is 0 Å². The summed E-state index contributed by atoms with van der Waals surface area (Å²) in [6.45, 7) is 1.90. The van der Waals surface area contributed by atoms with Gasteiger partial charge in [0.2, 0.25) is 0 Å². The Kier molecular flexibility index (Phi) is 5.12. The first-order valence-electron chi connectivity index (χ1n) is 9.49. The number of aryl methyl sites for hydroxylation is 1. The summed E-state index contributed by atoms with van der Waals surface area (Å²) in [5.41, 5.74) is 1.64. The van der Waals surface area contributed by atoms with E-state index in [4.69, 9.17) is 4.42 Å². The molecule has 0 unspecified atom stereocenters. The molecule has 2 aromatic carbocycles. The molecule has 1 aromatic heterocycles. The number of nitrogens with zero attached hydrogens (tertiary/aromatic N) is 2. The summed E-state index contributed by atoms with van der Waals surface area (Å²) in [5, 5.41) is 22.0. The van der Waals surface area contributed by atoms with Crippen molar-refractivity contribution in [2.75, 3.05) is 0 Å². The zero-order valence-electron chi connectivity index (χ0n) is 16.5. The lowest BCUT2D eigenvalue weighted by Gasteiger charge is -2.24. The SMILES string of the molecule is Cc1ccc(C(O)=C2C(=O)C(=O)N(Cc3ccco3)[C@@H]2c2ccc([N+](=O)[O-])cc2)cc1. The number of furan rings is 1. The predicted octanol–water partition coefficient (Wildman–Crippen LogP) is 4.12. The number of aliphatic hydroxyl groups excluding tert-OH is 1. The van der Waals surface area contributed by atoms with Gasteiger partial charge in [-0.1, -0.05) is 29.8 Å². The van der Waals surface area contributed by atoms with Crippen LogP contribution in [0.25, 0.3) is 5.76 Å². The quantitative estimate of drug-likeness (QED) is 0.219. The number of amides is 1. The number of Topliss-reactive ketones (excluding diaryl/α,β-unsaturated/α-hetero) is 1. The highest BCUT2D eigenvalue weighted by atomic mass is 16.6. The molecule has 1 aliphatic rings. The van der Waals surface area contributed by atoms with Crippen LogP contribution in [0.15, 0.2) is 76.9 Å². The minimum absolute atomic E-state index is 0.00387. The lowest BCUT2D eigenvalue weighted by Crippen LogP contribution is -2.29. The lowest BCUT2D eigenvalue weighted by molar-refractivity contribution is -0.384. The number of non-ortho nitro benzene ring substituents is 1. The number of rotatable bonds is 5. The van der Waals surface area contributed by atoms with Crippen molar-refractivity contribution in [3.8, 4) is 0 Å². The van der Waals surface area contributed by atoms with Gasteiger partial charge in [0.25, 0.3) is 17.4 Å². The van der Waals surface area contributed by atoms with Crippen molar-refractivity contribution >= 4 is 23.1 Å². The van der Waals surface area contributed by atoms with Gasteiger partial charge in [0, 0.05) is 17.7 Å². The Morgan fingerprint density at radius 2 is 1.77 bits per heavy atom. The minimum atomic E-state index is -0.924. The summed E-state index contributed by atoms with van der Waals surface area (Å²) in [6, 6.07) is 14.9. The monoisotopic (exact) mass is 418 g/mol. The normalized spacial score (nSPS) is 17.8. The number of hydrogen-bond donors (Lipinski definition) is 1. The number of aliphatic hydroxyl groups is 1. The molecule has 0 spiro atoms. The first kappa shape index (κ1) is 20.1. The van der Waals surface area contributed by atoms with Crippen LogP contribution in [0.4, 0.5) is 5.69 Å². The molecule has 0 saturated carbocycles. The molecule has 8 heteroatoms. The molecule has 4 rings (SSSR count). The van der Waals surface area contributed by atoms with Crippen molar-refractivity contribution in [1.82, 2.24) is 4.90 Å². The van der Waals surface area contributed by atoms with Crippen molar-refractivity contribution in [3.05, 3.63) is 105 Å². The van der Waals surface area contributed by atoms with Crippen LogP contribution in [0.2, 0.25) is 0 Å². The number of benzene rings is 2. The molecule has 1 amide bonds. The maximum Gasteiger partial charge on any atom is 0.296 e. The van der Waals surface area contributed by atoms with Crippen LogP contribution in [0.3, 0.4) is 0 Å². The lowest BCUT2D eigenvalue weighted by atomic mass is 9.95. The molecule has 0 bridgehead atoms. The number of ketones is 1. The Labute approximate surface area is 177 Å². The second kappa shape index (κ2) is 7.91. The Balaban J connectivity index is 1.85. The van der Waals surface area contributed by atoms with Crippen LogP contribution < -0.4 is 0 Å². The smallest absolute Gasteiger partial charge is 0.296 e. The average Bonchev–Trinajstić information content (AvgIpc) is 3.36. The molecule has 31 heavy (non-hydrogen) atoms. The summed E-state index contributed by atoms with van der Waals surface area (Å²) in [4.78, 5) is 37.6. The highest BCUT2D eigenvalue weighted by molar-refractivity contribution is 6.46. The Bertz CT molecular complexity index is 1180. The Morgan fingerprint density at radius 1 is 1.10 bits per heavy atom. The molecule has 156 valence electrons. The molecule has 8 nitrogen and oxygen atoms in total. The largest absolute Gasteiger partial charge is 0.507 e. The van der Waals surface area contributed by atoms with Crippen LogP contribution in [0, 0.1) is 17.0 Å². The zero-order valence-corrected chi connectivity index (χ0v) is 16.5. The third kappa shape index (κ3) is 3.71. The van der Waals surface area contributed by atoms with Crippen LogP contribution in [-0.4, -0.2) is 26.6 Å². The van der Waals surface area contributed by atoms with Crippen molar-refractivity contribution in [1.29, 1.82) is 0 Å². The van der Waals surface area contributed by atoms with Gasteiger partial charge in [-0.2, -0.15) is 0 Å². The molecular weight excluding hydrogens is 400 g/mol. The molecule has 1 saturated heterocycles. The second-order valence-electron chi connectivity index (χ2n) is 7.22. The molecule has 0 aliphatic carbocycles. The maximum atomic E-state index is 12.9. The van der Waals surface area contributed by atoms with E-state index in [0.29, 0.717) is 16.9 Å². The number of nitro groups is 1. The average molecular weight is 418 g/mol. The molecule has 1 N–H and O–H groups in total. The van der Waals surface area contributed by atoms with Crippen LogP contribution in [0.5, 0.6) is 0 Å². The highest BCUT2D eigenvalue weighted by Crippen LogP contribution is 2.40. The second-order valence-corrected chi connectivity index (χ2v) is 7.22. The van der Waals surface area contributed by atoms with E-state index in [9.17, 15) is 24.8 Å². The van der Waals surface area contributed by atoms with E-state index in [1.165, 1.54) is 35.4 Å². The van der Waals surface area contributed by atoms with Crippen molar-refractivity contribution in [3.63, 3.8) is 0 Å². The summed E-state index contributed by atoms with van der Waals surface area (Å²) < 4.78 is 5.33. The van der Waals surface area contributed by atoms with Gasteiger partial charge >= 0.3 is 0 Å². The van der Waals surface area contributed by atoms with E-state index in [2.05, 4.69) is 0 Å². The van der Waals surface area contributed by atoms with E-state index < -0.39 is 22.7 Å². The van der Waals surface area contributed by atoms with Crippen LogP contribution in [0.1, 0.15) is 28.5 Å². The van der Waals surface area contributed by atoms with Gasteiger partial charge in [-0.25, -0.2) is 0 Å². The van der Waals surface area contributed by atoms with Gasteiger partial charge in [0.15, 0.2) is 0 Å². The summed E-state index contributed by atoms with van der Waals surface area (Å²) in [5.74, 6) is -1.45. The number of likely N-dealkylation sites (tertiary alicyclic amines) is 1. The predicted molar refractivity (Wildman–Crippen MR) is 111 cm³/mol. The number of hydrogen-bond acceptors (Lipinski definition) is 6. The number of carbonyl (C=O) groups excluding carboxylic acids is 2. The summed E-state index contributed by atoms with van der Waals surface area (Å²) in [6.07, 6.45) is 1.46. The first-order valence-corrected chi connectivity index (χ1v) is 9.49. The van der Waals surface area contributed by atoms with E-state index in [1.54, 1.807) is 36.4 Å². The van der Waals surface area contributed by atoms with Crippen LogP contribution >= 0.6 is 0 Å². The summed E-state index contributed by atoms with van der Waals surface area (Å²) >= 11 is 0. The molecule has 1 fully saturated rings. The Hall–Kier alpha value is -4.20. The van der Waals surface area contributed by atoms with Crippen molar-refractivity contribution in [2.24, 2.45) is 0 Å². The van der Waals surface area contributed by atoms with E-state index in [0.717, 1.165) is 5.56 Å². The van der Waals surface area contributed by atoms with Gasteiger partial charge in [-0.05, 0) is 36.8 Å². The molecule has 1 atom stereocenters. The maximum absolute atomic E-state index is 12.9. The number of nitro benzene ring substituents is 1. The highest BCUT2D eigenvalue weighted by Gasteiger charge is 2.46. The summed E-state index contributed by atoms with van der Waals surface area (Å²) in [7, 11) is 0. The van der Waals surface area contributed by atoms with Crippen molar-refractivity contribution < 1.29 is 24.0 Å². The fraction of sp³-hybridized carbons (Fsp3) is 0.130. The van der Waals surface area contributed by atoms with Crippen molar-refractivity contribution in [2.45, 2.75) is 19.5 Å². The topological polar surface area (TPSA) is 114 Å². The van der Waals surface area contributed by atoms with Crippen LogP contribution in [-0.2, 0) is 16.1 Å². The third-order valence-electron chi connectivity index (χ3n) is 5.19. The fourth-order valence-electron chi connectivity index (χ4n) is 3.61. The fourth-order valence-corrected chi connectivity index (χ4v) is 3.61. The zero-order chi connectivity index (χ0) is 22.1. The van der Waals surface area contributed by atoms with Gasteiger partial charge < -0.3 is 14.4 Å². The van der Waals surface area contributed by atoms with Gasteiger partial charge in [0.1, 0.15) is 11.5 Å². The van der Waals surface area contributed by atoms with Gasteiger partial charge in [0.05, 0.1) is 29.3 Å².